The first-order chi connectivity index (χ1) is 10.3. The lowest BCUT2D eigenvalue weighted by atomic mass is 10.0. The molecule has 0 aliphatic carbocycles. The van der Waals surface area contributed by atoms with Crippen molar-refractivity contribution in [2.45, 2.75) is 44.7 Å². The van der Waals surface area contributed by atoms with Gasteiger partial charge in [0.2, 0.25) is 6.79 Å². The predicted octanol–water partition coefficient (Wildman–Crippen LogP) is 2.42. The Morgan fingerprint density at radius 3 is 3.05 bits per heavy atom. The molecule has 116 valence electrons. The average molecular weight is 290 g/mol. The summed E-state index contributed by atoms with van der Waals surface area (Å²) in [6.45, 7) is 5.07. The first kappa shape index (κ1) is 14.7. The van der Waals surface area contributed by atoms with Gasteiger partial charge in [0.15, 0.2) is 11.5 Å². The van der Waals surface area contributed by atoms with Gasteiger partial charge in [0.1, 0.15) is 0 Å². The van der Waals surface area contributed by atoms with Crippen LogP contribution in [0.25, 0.3) is 0 Å². The van der Waals surface area contributed by atoms with Crippen LogP contribution < -0.4 is 14.8 Å². The highest BCUT2D eigenvalue weighted by atomic mass is 16.7. The molecule has 0 radical (unpaired) electrons. The van der Waals surface area contributed by atoms with Crippen molar-refractivity contribution in [3.8, 4) is 11.5 Å². The largest absolute Gasteiger partial charge is 0.454 e. The van der Waals surface area contributed by atoms with E-state index >= 15 is 0 Å². The molecule has 0 saturated carbocycles. The Balaban J connectivity index is 1.54. The van der Waals surface area contributed by atoms with Crippen molar-refractivity contribution >= 4 is 0 Å². The quantitative estimate of drug-likeness (QED) is 0.872. The van der Waals surface area contributed by atoms with Crippen molar-refractivity contribution in [3.63, 3.8) is 0 Å². The van der Waals surface area contributed by atoms with E-state index in [0.717, 1.165) is 24.5 Å². The summed E-state index contributed by atoms with van der Waals surface area (Å²) in [5, 5.41) is 3.32. The number of nitrogens with zero attached hydrogens (tertiary/aromatic N) is 1. The van der Waals surface area contributed by atoms with Crippen LogP contribution in [0.15, 0.2) is 18.2 Å². The van der Waals surface area contributed by atoms with Gasteiger partial charge in [-0.3, -0.25) is 4.90 Å². The maximum absolute atomic E-state index is 5.45. The number of hydrogen-bond acceptors (Lipinski definition) is 4. The topological polar surface area (TPSA) is 33.7 Å². The van der Waals surface area contributed by atoms with Gasteiger partial charge in [0.25, 0.3) is 0 Å². The number of aryl methyl sites for hydroxylation is 1. The van der Waals surface area contributed by atoms with Gasteiger partial charge in [0.05, 0.1) is 0 Å². The summed E-state index contributed by atoms with van der Waals surface area (Å²) in [6, 6.07) is 7.67. The molecule has 2 atom stereocenters. The molecular weight excluding hydrogens is 264 g/mol. The Bertz CT molecular complexity index is 478. The zero-order valence-electron chi connectivity index (χ0n) is 13.1. The van der Waals surface area contributed by atoms with Crippen molar-refractivity contribution in [2.75, 3.05) is 26.9 Å². The molecule has 4 heteroatoms. The summed E-state index contributed by atoms with van der Waals surface area (Å²) in [5.41, 5.74) is 1.34. The Kier molecular flexibility index (Phi) is 4.66. The van der Waals surface area contributed by atoms with Crippen LogP contribution in [0, 0.1) is 0 Å². The summed E-state index contributed by atoms with van der Waals surface area (Å²) >= 11 is 0. The van der Waals surface area contributed by atoms with Gasteiger partial charge in [-0.15, -0.1) is 0 Å². The van der Waals surface area contributed by atoms with Crippen LogP contribution in [0.2, 0.25) is 0 Å². The zero-order valence-corrected chi connectivity index (χ0v) is 13.1. The second-order valence-corrected chi connectivity index (χ2v) is 6.17. The van der Waals surface area contributed by atoms with E-state index in [2.05, 4.69) is 29.3 Å². The molecule has 1 fully saturated rings. The molecule has 2 heterocycles. The van der Waals surface area contributed by atoms with Crippen molar-refractivity contribution in [1.82, 2.24) is 10.2 Å². The van der Waals surface area contributed by atoms with Crippen molar-refractivity contribution in [1.29, 1.82) is 0 Å². The van der Waals surface area contributed by atoms with Crippen LogP contribution in [0.3, 0.4) is 0 Å². The number of nitrogens with one attached hydrogen (secondary N) is 1. The van der Waals surface area contributed by atoms with E-state index in [1.54, 1.807) is 0 Å². The van der Waals surface area contributed by atoms with Gasteiger partial charge in [-0.2, -0.15) is 0 Å². The minimum Gasteiger partial charge on any atom is -0.454 e. The first-order valence-electron chi connectivity index (χ1n) is 8.07. The SMILES string of the molecule is CNCC1CCCN1C(C)CCc1ccc2c(c1)OCO2. The van der Waals surface area contributed by atoms with Crippen molar-refractivity contribution in [3.05, 3.63) is 23.8 Å². The van der Waals surface area contributed by atoms with Crippen LogP contribution >= 0.6 is 0 Å². The first-order valence-corrected chi connectivity index (χ1v) is 8.07. The number of ether oxygens (including phenoxy) is 2. The Morgan fingerprint density at radius 2 is 2.19 bits per heavy atom. The fourth-order valence-corrected chi connectivity index (χ4v) is 3.53. The number of likely N-dealkylation sites (N-methyl/N-ethyl adjacent to an activating group) is 1. The molecule has 4 nitrogen and oxygen atoms in total. The second kappa shape index (κ2) is 6.67. The van der Waals surface area contributed by atoms with Crippen molar-refractivity contribution in [2.24, 2.45) is 0 Å². The lowest BCUT2D eigenvalue weighted by molar-refractivity contribution is 0.174. The third-order valence-corrected chi connectivity index (χ3v) is 4.72. The van der Waals surface area contributed by atoms with E-state index < -0.39 is 0 Å². The molecular formula is C17H26N2O2. The molecule has 0 bridgehead atoms. The average Bonchev–Trinajstić information content (AvgIpc) is 3.13. The number of hydrogen-bond donors (Lipinski definition) is 1. The molecule has 2 aliphatic heterocycles. The summed E-state index contributed by atoms with van der Waals surface area (Å²) in [5.74, 6) is 1.77. The Morgan fingerprint density at radius 1 is 1.33 bits per heavy atom. The Labute approximate surface area is 127 Å². The standard InChI is InChI=1S/C17H26N2O2/c1-13(19-9-3-4-15(19)11-18-2)5-6-14-7-8-16-17(10-14)21-12-20-16/h7-8,10,13,15,18H,3-6,9,11-12H2,1-2H3. The van der Waals surface area contributed by atoms with Crippen molar-refractivity contribution < 1.29 is 9.47 Å². The van der Waals surface area contributed by atoms with Crippen LogP contribution in [0.1, 0.15) is 31.7 Å². The maximum Gasteiger partial charge on any atom is 0.231 e. The smallest absolute Gasteiger partial charge is 0.231 e. The highest BCUT2D eigenvalue weighted by molar-refractivity contribution is 5.44. The van der Waals surface area contributed by atoms with E-state index in [4.69, 9.17) is 9.47 Å². The Hall–Kier alpha value is -1.26. The molecule has 21 heavy (non-hydrogen) atoms. The summed E-state index contributed by atoms with van der Waals surface area (Å²) in [7, 11) is 2.05. The van der Waals surface area contributed by atoms with Crippen LogP contribution in [-0.2, 0) is 6.42 Å². The molecule has 3 rings (SSSR count). The monoisotopic (exact) mass is 290 g/mol. The van der Waals surface area contributed by atoms with E-state index in [1.165, 1.54) is 31.4 Å². The molecule has 0 spiro atoms. The fourth-order valence-electron chi connectivity index (χ4n) is 3.53. The summed E-state index contributed by atoms with van der Waals surface area (Å²) < 4.78 is 10.8. The van der Waals surface area contributed by atoms with Gasteiger partial charge in [0, 0.05) is 18.6 Å². The fraction of sp³-hybridized carbons (Fsp3) is 0.647. The van der Waals surface area contributed by atoms with E-state index in [1.807, 2.05) is 13.1 Å². The van der Waals surface area contributed by atoms with Gasteiger partial charge in [-0.25, -0.2) is 0 Å². The van der Waals surface area contributed by atoms with E-state index in [9.17, 15) is 0 Å². The normalized spacial score (nSPS) is 22.7. The number of benzene rings is 1. The third kappa shape index (κ3) is 3.33. The van der Waals surface area contributed by atoms with Gasteiger partial charge in [-0.05, 0) is 63.9 Å². The van der Waals surface area contributed by atoms with E-state index in [-0.39, 0.29) is 0 Å². The molecule has 0 amide bonds. The molecule has 1 aromatic carbocycles. The number of fused-ring (bicyclic) bond motifs is 1. The minimum absolute atomic E-state index is 0.356. The maximum atomic E-state index is 5.45. The minimum atomic E-state index is 0.356. The molecule has 2 aliphatic rings. The van der Waals surface area contributed by atoms with Gasteiger partial charge < -0.3 is 14.8 Å². The number of likely N-dealkylation sites (tertiary alicyclic amines) is 1. The summed E-state index contributed by atoms with van der Waals surface area (Å²) in [4.78, 5) is 2.67. The molecule has 1 aromatic rings. The van der Waals surface area contributed by atoms with Gasteiger partial charge in [-0.1, -0.05) is 6.07 Å². The molecule has 2 unspecified atom stereocenters. The lowest BCUT2D eigenvalue weighted by Gasteiger charge is -2.30. The second-order valence-electron chi connectivity index (χ2n) is 6.17. The number of rotatable bonds is 6. The predicted molar refractivity (Wildman–Crippen MR) is 84.0 cm³/mol. The molecule has 0 aromatic heterocycles. The van der Waals surface area contributed by atoms with Crippen LogP contribution in [0.4, 0.5) is 0 Å². The van der Waals surface area contributed by atoms with E-state index in [0.29, 0.717) is 18.9 Å². The summed E-state index contributed by atoms with van der Waals surface area (Å²) in [6.07, 6.45) is 4.95. The van der Waals surface area contributed by atoms with Crippen LogP contribution in [0.5, 0.6) is 11.5 Å². The molecule has 1 N–H and O–H groups in total. The highest BCUT2D eigenvalue weighted by Gasteiger charge is 2.27. The zero-order chi connectivity index (χ0) is 14.7. The van der Waals surface area contributed by atoms with Gasteiger partial charge >= 0.3 is 0 Å². The lowest BCUT2D eigenvalue weighted by Crippen LogP contribution is -2.42. The molecule has 1 saturated heterocycles. The third-order valence-electron chi connectivity index (χ3n) is 4.72. The van der Waals surface area contributed by atoms with Crippen LogP contribution in [-0.4, -0.2) is 43.9 Å². The highest BCUT2D eigenvalue weighted by Crippen LogP contribution is 2.33.